The highest BCUT2D eigenvalue weighted by atomic mass is 15.2. The van der Waals surface area contributed by atoms with Crippen molar-refractivity contribution < 1.29 is 0 Å². The molecule has 2 heteroatoms. The maximum Gasteiger partial charge on any atom is 0.0350 e. The summed E-state index contributed by atoms with van der Waals surface area (Å²) in [6.07, 6.45) is 3.96. The number of likely N-dealkylation sites (tertiary alicyclic amines) is 1. The Bertz CT molecular complexity index is 329. The van der Waals surface area contributed by atoms with Crippen LogP contribution < -0.4 is 5.73 Å². The fourth-order valence-corrected chi connectivity index (χ4v) is 2.65. The Hall–Kier alpha value is -1.02. The van der Waals surface area contributed by atoms with Gasteiger partial charge in [-0.05, 0) is 50.9 Å². The number of piperidine rings is 1. The molecular weight excluding hydrogens is 196 g/mol. The number of benzene rings is 1. The van der Waals surface area contributed by atoms with Gasteiger partial charge in [0.05, 0.1) is 0 Å². The van der Waals surface area contributed by atoms with Crippen molar-refractivity contribution in [2.24, 2.45) is 0 Å². The molecule has 1 aliphatic rings. The molecule has 2 rings (SSSR count). The third kappa shape index (κ3) is 2.38. The molecule has 16 heavy (non-hydrogen) atoms. The van der Waals surface area contributed by atoms with Crippen molar-refractivity contribution in [2.45, 2.75) is 45.2 Å². The Kier molecular flexibility index (Phi) is 3.49. The predicted octanol–water partition coefficient (Wildman–Crippen LogP) is 3.20. The van der Waals surface area contributed by atoms with Crippen LogP contribution in [-0.4, -0.2) is 17.5 Å². The van der Waals surface area contributed by atoms with Crippen LogP contribution in [0.5, 0.6) is 0 Å². The minimum absolute atomic E-state index is 0.592. The maximum atomic E-state index is 5.74. The fraction of sp³-hybridized carbons (Fsp3) is 0.571. The van der Waals surface area contributed by atoms with E-state index in [4.69, 9.17) is 5.73 Å². The summed E-state index contributed by atoms with van der Waals surface area (Å²) in [5.41, 5.74) is 8.01. The third-order valence-electron chi connectivity index (χ3n) is 3.53. The van der Waals surface area contributed by atoms with Gasteiger partial charge in [0.25, 0.3) is 0 Å². The number of hydrogen-bond donors (Lipinski definition) is 1. The molecule has 0 saturated carbocycles. The van der Waals surface area contributed by atoms with E-state index in [1.807, 2.05) is 12.1 Å². The first-order chi connectivity index (χ1) is 7.68. The largest absolute Gasteiger partial charge is 0.399 e. The smallest absolute Gasteiger partial charge is 0.0350 e. The summed E-state index contributed by atoms with van der Waals surface area (Å²) in [4.78, 5) is 2.61. The molecule has 1 aliphatic heterocycles. The molecule has 1 fully saturated rings. The van der Waals surface area contributed by atoms with Crippen LogP contribution in [0.15, 0.2) is 24.3 Å². The Labute approximate surface area is 98.4 Å². The summed E-state index contributed by atoms with van der Waals surface area (Å²) >= 11 is 0. The number of nitrogen functional groups attached to an aromatic ring is 1. The van der Waals surface area contributed by atoms with E-state index < -0.39 is 0 Å². The number of nitrogens with zero attached hydrogens (tertiary/aromatic N) is 1. The van der Waals surface area contributed by atoms with Crippen molar-refractivity contribution in [3.05, 3.63) is 29.8 Å². The monoisotopic (exact) mass is 218 g/mol. The van der Waals surface area contributed by atoms with E-state index in [2.05, 4.69) is 30.9 Å². The molecule has 88 valence electrons. The van der Waals surface area contributed by atoms with Gasteiger partial charge in [0, 0.05) is 17.8 Å². The Morgan fingerprint density at radius 1 is 1.19 bits per heavy atom. The molecule has 1 heterocycles. The summed E-state index contributed by atoms with van der Waals surface area (Å²) in [6.45, 7) is 5.80. The lowest BCUT2D eigenvalue weighted by Crippen LogP contribution is -2.38. The van der Waals surface area contributed by atoms with Gasteiger partial charge in [-0.1, -0.05) is 18.6 Å². The molecule has 1 saturated heterocycles. The van der Waals surface area contributed by atoms with E-state index in [1.54, 1.807) is 0 Å². The van der Waals surface area contributed by atoms with Gasteiger partial charge >= 0.3 is 0 Å². The quantitative estimate of drug-likeness (QED) is 0.772. The van der Waals surface area contributed by atoms with E-state index in [0.717, 1.165) is 5.69 Å². The summed E-state index contributed by atoms with van der Waals surface area (Å²) in [6, 6.07) is 9.61. The van der Waals surface area contributed by atoms with Crippen molar-refractivity contribution in [2.75, 3.05) is 12.3 Å². The molecule has 1 aromatic rings. The number of nitrogens with two attached hydrogens (primary N) is 1. The van der Waals surface area contributed by atoms with Crippen LogP contribution in [0.4, 0.5) is 5.69 Å². The van der Waals surface area contributed by atoms with Gasteiger partial charge in [0.15, 0.2) is 0 Å². The first kappa shape index (κ1) is 11.5. The minimum atomic E-state index is 0.592. The summed E-state index contributed by atoms with van der Waals surface area (Å²) < 4.78 is 0. The molecule has 0 amide bonds. The van der Waals surface area contributed by atoms with Gasteiger partial charge in [0.2, 0.25) is 0 Å². The minimum Gasteiger partial charge on any atom is -0.399 e. The molecule has 0 bridgehead atoms. The van der Waals surface area contributed by atoms with E-state index in [-0.39, 0.29) is 0 Å². The Morgan fingerprint density at radius 3 is 2.50 bits per heavy atom. The van der Waals surface area contributed by atoms with Crippen molar-refractivity contribution in [1.82, 2.24) is 4.90 Å². The van der Waals surface area contributed by atoms with E-state index in [1.165, 1.54) is 31.4 Å². The highest BCUT2D eigenvalue weighted by Gasteiger charge is 2.25. The second-order valence-corrected chi connectivity index (χ2v) is 5.01. The molecular formula is C14H22N2. The van der Waals surface area contributed by atoms with Crippen LogP contribution in [0.3, 0.4) is 0 Å². The zero-order valence-corrected chi connectivity index (χ0v) is 10.3. The van der Waals surface area contributed by atoms with Crippen molar-refractivity contribution in [1.29, 1.82) is 0 Å². The van der Waals surface area contributed by atoms with Crippen LogP contribution in [-0.2, 0) is 0 Å². The molecule has 2 N–H and O–H groups in total. The van der Waals surface area contributed by atoms with E-state index in [0.29, 0.717) is 12.1 Å². The van der Waals surface area contributed by atoms with Crippen LogP contribution in [0, 0.1) is 0 Å². The summed E-state index contributed by atoms with van der Waals surface area (Å²) in [5.74, 6) is 0. The van der Waals surface area contributed by atoms with Crippen LogP contribution in [0.1, 0.15) is 44.7 Å². The summed E-state index contributed by atoms with van der Waals surface area (Å²) in [7, 11) is 0. The fourth-order valence-electron chi connectivity index (χ4n) is 2.65. The molecule has 0 spiro atoms. The molecule has 2 nitrogen and oxygen atoms in total. The maximum absolute atomic E-state index is 5.74. The SMILES string of the molecule is CC(C)N1CCCCC1c1ccc(N)cc1. The van der Waals surface area contributed by atoms with Gasteiger partial charge in [0.1, 0.15) is 0 Å². The molecule has 1 aromatic carbocycles. The van der Waals surface area contributed by atoms with Gasteiger partial charge < -0.3 is 5.73 Å². The lowest BCUT2D eigenvalue weighted by Gasteiger charge is -2.39. The van der Waals surface area contributed by atoms with Gasteiger partial charge in [-0.3, -0.25) is 4.90 Å². The Morgan fingerprint density at radius 2 is 1.88 bits per heavy atom. The average Bonchev–Trinajstić information content (AvgIpc) is 2.30. The number of anilines is 1. The van der Waals surface area contributed by atoms with Crippen molar-refractivity contribution >= 4 is 5.69 Å². The molecule has 0 radical (unpaired) electrons. The second-order valence-electron chi connectivity index (χ2n) is 5.01. The van der Waals surface area contributed by atoms with E-state index >= 15 is 0 Å². The van der Waals surface area contributed by atoms with E-state index in [9.17, 15) is 0 Å². The van der Waals surface area contributed by atoms with Crippen molar-refractivity contribution in [3.63, 3.8) is 0 Å². The number of rotatable bonds is 2. The second kappa shape index (κ2) is 4.88. The Balaban J connectivity index is 2.19. The summed E-state index contributed by atoms with van der Waals surface area (Å²) in [5, 5.41) is 0. The zero-order chi connectivity index (χ0) is 11.5. The molecule has 1 unspecified atom stereocenters. The zero-order valence-electron chi connectivity index (χ0n) is 10.3. The highest BCUT2D eigenvalue weighted by Crippen LogP contribution is 2.32. The lowest BCUT2D eigenvalue weighted by atomic mass is 9.94. The normalized spacial score (nSPS) is 22.6. The highest BCUT2D eigenvalue weighted by molar-refractivity contribution is 5.40. The molecule has 0 aromatic heterocycles. The first-order valence-corrected chi connectivity index (χ1v) is 6.29. The average molecular weight is 218 g/mol. The predicted molar refractivity (Wildman–Crippen MR) is 69.3 cm³/mol. The molecule has 1 atom stereocenters. The van der Waals surface area contributed by atoms with Gasteiger partial charge in [-0.2, -0.15) is 0 Å². The topological polar surface area (TPSA) is 29.3 Å². The third-order valence-corrected chi connectivity index (χ3v) is 3.53. The standard InChI is InChI=1S/C14H22N2/c1-11(2)16-10-4-3-5-14(16)12-6-8-13(15)9-7-12/h6-9,11,14H,3-5,10,15H2,1-2H3. The van der Waals surface area contributed by atoms with Crippen LogP contribution in [0.2, 0.25) is 0 Å². The van der Waals surface area contributed by atoms with Gasteiger partial charge in [-0.15, -0.1) is 0 Å². The van der Waals surface area contributed by atoms with Crippen molar-refractivity contribution in [3.8, 4) is 0 Å². The molecule has 0 aliphatic carbocycles. The number of hydrogen-bond acceptors (Lipinski definition) is 2. The lowest BCUT2D eigenvalue weighted by molar-refractivity contribution is 0.112. The van der Waals surface area contributed by atoms with Crippen LogP contribution >= 0.6 is 0 Å². The van der Waals surface area contributed by atoms with Crippen LogP contribution in [0.25, 0.3) is 0 Å². The van der Waals surface area contributed by atoms with Gasteiger partial charge in [-0.25, -0.2) is 0 Å². The first-order valence-electron chi connectivity index (χ1n) is 6.29.